The molecule has 0 unspecified atom stereocenters. The Balaban J connectivity index is 1.71. The molecule has 0 aliphatic heterocycles. The number of nitrogens with one attached hydrogen (secondary N) is 1. The molecule has 2 heterocycles. The largest absolute Gasteiger partial charge is 0.506 e. The van der Waals surface area contributed by atoms with E-state index < -0.39 is 0 Å². The SMILES string of the molecule is Cc1[nH][n+](-c2ccccc2)c(C)c1/C=C/c1ccc2cccc(O)c2n1. The Morgan fingerprint density at radius 3 is 2.54 bits per heavy atom. The number of benzene rings is 2. The minimum Gasteiger partial charge on any atom is -0.506 e. The molecular formula is C22H20N3O+. The number of phenols is 1. The zero-order valence-electron chi connectivity index (χ0n) is 14.8. The molecule has 0 saturated carbocycles. The molecule has 0 bridgehead atoms. The molecule has 0 aliphatic carbocycles. The number of aryl methyl sites for hydroxylation is 1. The number of aromatic nitrogens is 3. The molecule has 128 valence electrons. The first-order chi connectivity index (χ1) is 12.6. The van der Waals surface area contributed by atoms with E-state index in [4.69, 9.17) is 0 Å². The maximum absolute atomic E-state index is 10.0. The van der Waals surface area contributed by atoms with Gasteiger partial charge in [0, 0.05) is 24.4 Å². The van der Waals surface area contributed by atoms with Crippen molar-refractivity contribution < 1.29 is 9.79 Å². The second kappa shape index (κ2) is 6.48. The van der Waals surface area contributed by atoms with Gasteiger partial charge in [-0.15, -0.1) is 0 Å². The number of pyridine rings is 1. The zero-order valence-corrected chi connectivity index (χ0v) is 14.8. The van der Waals surface area contributed by atoms with Crippen molar-refractivity contribution >= 4 is 23.1 Å². The van der Waals surface area contributed by atoms with Crippen molar-refractivity contribution in [2.24, 2.45) is 0 Å². The number of hydrogen-bond donors (Lipinski definition) is 2. The quantitative estimate of drug-likeness (QED) is 0.544. The lowest BCUT2D eigenvalue weighted by atomic mass is 10.1. The van der Waals surface area contributed by atoms with Gasteiger partial charge in [0.05, 0.1) is 17.0 Å². The van der Waals surface area contributed by atoms with Gasteiger partial charge in [-0.1, -0.05) is 41.1 Å². The van der Waals surface area contributed by atoms with E-state index in [-0.39, 0.29) is 5.75 Å². The van der Waals surface area contributed by atoms with Crippen LogP contribution < -0.4 is 4.68 Å². The van der Waals surface area contributed by atoms with Crippen molar-refractivity contribution in [3.63, 3.8) is 0 Å². The second-order valence-electron chi connectivity index (χ2n) is 6.33. The highest BCUT2D eigenvalue weighted by atomic mass is 16.3. The number of hydrogen-bond acceptors (Lipinski definition) is 2. The Hall–Kier alpha value is -3.40. The topological polar surface area (TPSA) is 52.8 Å². The highest BCUT2D eigenvalue weighted by Crippen LogP contribution is 2.23. The van der Waals surface area contributed by atoms with Crippen LogP contribution in [0, 0.1) is 13.8 Å². The van der Waals surface area contributed by atoms with Crippen LogP contribution in [-0.2, 0) is 0 Å². The van der Waals surface area contributed by atoms with Crippen molar-refractivity contribution in [1.29, 1.82) is 0 Å². The molecular weight excluding hydrogens is 322 g/mol. The zero-order chi connectivity index (χ0) is 18.1. The summed E-state index contributed by atoms with van der Waals surface area (Å²) in [6, 6.07) is 19.6. The van der Waals surface area contributed by atoms with Crippen LogP contribution in [0.4, 0.5) is 0 Å². The monoisotopic (exact) mass is 342 g/mol. The minimum absolute atomic E-state index is 0.202. The highest BCUT2D eigenvalue weighted by molar-refractivity contribution is 5.85. The molecule has 0 fully saturated rings. The molecule has 4 nitrogen and oxygen atoms in total. The van der Waals surface area contributed by atoms with Gasteiger partial charge in [-0.3, -0.25) is 0 Å². The van der Waals surface area contributed by atoms with Crippen LogP contribution in [0.25, 0.3) is 28.7 Å². The molecule has 0 atom stereocenters. The molecule has 0 radical (unpaired) electrons. The van der Waals surface area contributed by atoms with Crippen molar-refractivity contribution in [1.82, 2.24) is 10.1 Å². The summed E-state index contributed by atoms with van der Waals surface area (Å²) in [7, 11) is 0. The fourth-order valence-electron chi connectivity index (χ4n) is 3.19. The number of fused-ring (bicyclic) bond motifs is 1. The minimum atomic E-state index is 0.202. The third-order valence-corrected chi connectivity index (χ3v) is 4.56. The Morgan fingerprint density at radius 1 is 0.923 bits per heavy atom. The van der Waals surface area contributed by atoms with E-state index in [1.807, 2.05) is 48.5 Å². The average Bonchev–Trinajstić information content (AvgIpc) is 2.95. The molecule has 2 aromatic carbocycles. The van der Waals surface area contributed by atoms with Gasteiger partial charge in [-0.05, 0) is 31.2 Å². The molecule has 4 heteroatoms. The lowest BCUT2D eigenvalue weighted by Gasteiger charge is -2.01. The molecule has 2 aromatic heterocycles. The number of H-pyrrole nitrogens is 1. The highest BCUT2D eigenvalue weighted by Gasteiger charge is 2.18. The first kappa shape index (κ1) is 16.1. The summed E-state index contributed by atoms with van der Waals surface area (Å²) in [5.41, 5.74) is 5.89. The van der Waals surface area contributed by atoms with Crippen molar-refractivity contribution in [3.8, 4) is 11.4 Å². The van der Waals surface area contributed by atoms with Crippen LogP contribution >= 0.6 is 0 Å². The first-order valence-electron chi connectivity index (χ1n) is 8.57. The number of aromatic hydroxyl groups is 1. The molecule has 0 amide bonds. The second-order valence-corrected chi connectivity index (χ2v) is 6.33. The Kier molecular flexibility index (Phi) is 4.01. The van der Waals surface area contributed by atoms with Crippen molar-refractivity contribution in [3.05, 3.63) is 83.3 Å². The average molecular weight is 342 g/mol. The van der Waals surface area contributed by atoms with Gasteiger partial charge < -0.3 is 5.11 Å². The molecule has 2 N–H and O–H groups in total. The van der Waals surface area contributed by atoms with Gasteiger partial charge in [0.15, 0.2) is 0 Å². The van der Waals surface area contributed by atoms with E-state index in [2.05, 4.69) is 46.8 Å². The summed E-state index contributed by atoms with van der Waals surface area (Å²) in [6.45, 7) is 4.15. The summed E-state index contributed by atoms with van der Waals surface area (Å²) in [6.07, 6.45) is 4.04. The van der Waals surface area contributed by atoms with Crippen LogP contribution in [0.2, 0.25) is 0 Å². The van der Waals surface area contributed by atoms with Crippen LogP contribution in [0.3, 0.4) is 0 Å². The summed E-state index contributed by atoms with van der Waals surface area (Å²) in [4.78, 5) is 4.56. The summed E-state index contributed by atoms with van der Waals surface area (Å²) >= 11 is 0. The third kappa shape index (κ3) is 2.86. The normalized spacial score (nSPS) is 11.5. The molecule has 4 aromatic rings. The predicted octanol–water partition coefficient (Wildman–Crippen LogP) is 4.33. The molecule has 0 spiro atoms. The van der Waals surface area contributed by atoms with Gasteiger partial charge in [0.1, 0.15) is 11.3 Å². The third-order valence-electron chi connectivity index (χ3n) is 4.56. The number of rotatable bonds is 3. The smallest absolute Gasteiger partial charge is 0.235 e. The van der Waals surface area contributed by atoms with Crippen LogP contribution in [0.1, 0.15) is 22.6 Å². The summed E-state index contributed by atoms with van der Waals surface area (Å²) in [5.74, 6) is 0.202. The molecule has 0 saturated heterocycles. The number of nitrogens with zero attached hydrogens (tertiary/aromatic N) is 2. The van der Waals surface area contributed by atoms with Gasteiger partial charge in [0.25, 0.3) is 0 Å². The Morgan fingerprint density at radius 2 is 1.73 bits per heavy atom. The van der Waals surface area contributed by atoms with Crippen molar-refractivity contribution in [2.75, 3.05) is 0 Å². The molecule has 26 heavy (non-hydrogen) atoms. The van der Waals surface area contributed by atoms with E-state index in [0.29, 0.717) is 5.52 Å². The van der Waals surface area contributed by atoms with Gasteiger partial charge >= 0.3 is 0 Å². The first-order valence-corrected chi connectivity index (χ1v) is 8.57. The van der Waals surface area contributed by atoms with E-state index in [9.17, 15) is 5.11 Å². The summed E-state index contributed by atoms with van der Waals surface area (Å²) < 4.78 is 2.08. The van der Waals surface area contributed by atoms with Gasteiger partial charge in [-0.2, -0.15) is 5.10 Å². The lowest BCUT2D eigenvalue weighted by molar-refractivity contribution is -0.661. The molecule has 4 rings (SSSR count). The maximum Gasteiger partial charge on any atom is 0.235 e. The van der Waals surface area contributed by atoms with Crippen molar-refractivity contribution in [2.45, 2.75) is 13.8 Å². The van der Waals surface area contributed by atoms with E-state index in [1.165, 1.54) is 0 Å². The van der Waals surface area contributed by atoms with E-state index in [1.54, 1.807) is 6.07 Å². The maximum atomic E-state index is 10.0. The van der Waals surface area contributed by atoms with Gasteiger partial charge in [-0.25, -0.2) is 4.98 Å². The predicted molar refractivity (Wildman–Crippen MR) is 104 cm³/mol. The number of aromatic amines is 1. The van der Waals surface area contributed by atoms with Crippen LogP contribution in [-0.4, -0.2) is 15.2 Å². The Bertz CT molecular complexity index is 1110. The van der Waals surface area contributed by atoms with E-state index in [0.717, 1.165) is 33.7 Å². The van der Waals surface area contributed by atoms with E-state index >= 15 is 0 Å². The fraction of sp³-hybridized carbons (Fsp3) is 0.0909. The fourth-order valence-corrected chi connectivity index (χ4v) is 3.19. The number of phenolic OH excluding ortho intramolecular Hbond substituents is 1. The standard InChI is InChI=1S/C22H19N3O/c1-15-20(16(2)25(24-15)19-8-4-3-5-9-19)14-13-18-12-11-17-7-6-10-21(26)22(17)23-18/h3-14,26H,1-2H3/p+1/b14-13+. The van der Waals surface area contributed by atoms with Crippen LogP contribution in [0.15, 0.2) is 60.7 Å². The molecule has 0 aliphatic rings. The van der Waals surface area contributed by atoms with Crippen LogP contribution in [0.5, 0.6) is 5.75 Å². The Labute approximate surface area is 152 Å². The lowest BCUT2D eigenvalue weighted by Crippen LogP contribution is -2.35. The summed E-state index contributed by atoms with van der Waals surface area (Å²) in [5, 5.41) is 14.3. The van der Waals surface area contributed by atoms with Gasteiger partial charge in [0.2, 0.25) is 11.4 Å². The number of para-hydroxylation sites is 2.